The second kappa shape index (κ2) is 9.48. The van der Waals surface area contributed by atoms with Gasteiger partial charge >= 0.3 is 0 Å². The van der Waals surface area contributed by atoms with E-state index in [1.807, 2.05) is 30.3 Å². The number of hydrogen-bond donors (Lipinski definition) is 1. The molecule has 2 aromatic heterocycles. The van der Waals surface area contributed by atoms with E-state index in [1.54, 1.807) is 18.5 Å². The van der Waals surface area contributed by atoms with Crippen molar-refractivity contribution in [1.82, 2.24) is 20.1 Å². The van der Waals surface area contributed by atoms with Gasteiger partial charge in [-0.1, -0.05) is 35.9 Å². The Balaban J connectivity index is 1.51. The van der Waals surface area contributed by atoms with Crippen LogP contribution in [0.25, 0.3) is 10.8 Å². The average Bonchev–Trinajstić information content (AvgIpc) is 2.78. The van der Waals surface area contributed by atoms with E-state index < -0.39 is 0 Å². The number of pyridine rings is 1. The molecule has 3 aromatic rings. The van der Waals surface area contributed by atoms with E-state index >= 15 is 0 Å². The first-order chi connectivity index (χ1) is 14.7. The monoisotopic (exact) mass is 402 g/mol. The maximum Gasteiger partial charge on any atom is 0.275 e. The molecule has 0 saturated heterocycles. The largest absolute Gasteiger partial charge is 0.354 e. The van der Waals surface area contributed by atoms with Gasteiger partial charge in [0.05, 0.1) is 11.1 Å². The number of aromatic nitrogens is 3. The highest BCUT2D eigenvalue weighted by atomic mass is 16.2. The van der Waals surface area contributed by atoms with Crippen molar-refractivity contribution in [2.24, 2.45) is 0 Å². The van der Waals surface area contributed by atoms with Crippen LogP contribution in [0.2, 0.25) is 0 Å². The molecule has 0 unspecified atom stereocenters. The van der Waals surface area contributed by atoms with Gasteiger partial charge in [0.15, 0.2) is 0 Å². The summed E-state index contributed by atoms with van der Waals surface area (Å²) in [6, 6.07) is 11.3. The summed E-state index contributed by atoms with van der Waals surface area (Å²) in [7, 11) is 0. The minimum Gasteiger partial charge on any atom is -0.354 e. The number of rotatable bonds is 7. The number of allylic oxidation sites excluding steroid dienone is 1. The number of nitrogens with one attached hydrogen (secondary N) is 1. The quantitative estimate of drug-likeness (QED) is 0.615. The van der Waals surface area contributed by atoms with Crippen LogP contribution in [0, 0.1) is 0 Å². The first-order valence-electron chi connectivity index (χ1n) is 10.5. The minimum atomic E-state index is -0.245. The number of carbonyl (C=O) groups is 1. The van der Waals surface area contributed by atoms with Crippen molar-refractivity contribution in [3.05, 3.63) is 82.1 Å². The molecule has 154 valence electrons. The molecule has 0 aliphatic heterocycles. The molecule has 0 saturated carbocycles. The molecule has 1 aliphatic rings. The van der Waals surface area contributed by atoms with E-state index in [4.69, 9.17) is 0 Å². The van der Waals surface area contributed by atoms with Crippen molar-refractivity contribution in [2.75, 3.05) is 6.54 Å². The zero-order valence-corrected chi connectivity index (χ0v) is 17.0. The van der Waals surface area contributed by atoms with Gasteiger partial charge in [0.2, 0.25) is 5.91 Å². The van der Waals surface area contributed by atoms with Crippen LogP contribution in [0.5, 0.6) is 0 Å². The van der Waals surface area contributed by atoms with Gasteiger partial charge < -0.3 is 5.32 Å². The molecule has 6 heteroatoms. The summed E-state index contributed by atoms with van der Waals surface area (Å²) in [5.74, 6) is -0.191. The Bertz CT molecular complexity index is 1120. The average molecular weight is 402 g/mol. The summed E-state index contributed by atoms with van der Waals surface area (Å²) in [6.07, 6.45) is 12.0. The number of benzene rings is 1. The van der Waals surface area contributed by atoms with Gasteiger partial charge in [-0.3, -0.25) is 14.6 Å². The predicted molar refractivity (Wildman–Crippen MR) is 117 cm³/mol. The third-order valence-corrected chi connectivity index (χ3v) is 5.49. The van der Waals surface area contributed by atoms with Crippen molar-refractivity contribution in [3.8, 4) is 0 Å². The van der Waals surface area contributed by atoms with E-state index in [-0.39, 0.29) is 18.0 Å². The summed E-state index contributed by atoms with van der Waals surface area (Å²) in [4.78, 5) is 29.5. The molecule has 0 bridgehead atoms. The van der Waals surface area contributed by atoms with Crippen molar-refractivity contribution in [2.45, 2.75) is 45.1 Å². The smallest absolute Gasteiger partial charge is 0.275 e. The Labute approximate surface area is 175 Å². The fourth-order valence-electron chi connectivity index (χ4n) is 3.93. The molecule has 1 aliphatic carbocycles. The van der Waals surface area contributed by atoms with Crippen LogP contribution in [-0.4, -0.2) is 27.2 Å². The van der Waals surface area contributed by atoms with Crippen LogP contribution < -0.4 is 10.9 Å². The normalized spacial score (nSPS) is 13.8. The number of amides is 1. The molecule has 6 nitrogen and oxygen atoms in total. The van der Waals surface area contributed by atoms with E-state index in [0.717, 1.165) is 35.9 Å². The molecule has 1 aromatic carbocycles. The Morgan fingerprint density at radius 2 is 1.97 bits per heavy atom. The Kier molecular flexibility index (Phi) is 6.32. The summed E-state index contributed by atoms with van der Waals surface area (Å²) in [5.41, 5.74) is 2.94. The van der Waals surface area contributed by atoms with Crippen LogP contribution in [0.4, 0.5) is 0 Å². The van der Waals surface area contributed by atoms with Gasteiger partial charge in [-0.2, -0.15) is 5.10 Å². The standard InChI is InChI=1S/C24H26N4O2/c29-23(26-14-12-18-7-2-1-3-8-18)17-28-24(30)21-11-5-4-10-20(21)22(27-28)15-19-9-6-13-25-16-19/h4-7,9-11,13,16H,1-3,8,12,14-15,17H2,(H,26,29). The van der Waals surface area contributed by atoms with Crippen molar-refractivity contribution in [1.29, 1.82) is 0 Å². The lowest BCUT2D eigenvalue weighted by Crippen LogP contribution is -2.35. The number of carbonyl (C=O) groups excluding carboxylic acids is 1. The third kappa shape index (κ3) is 4.82. The third-order valence-electron chi connectivity index (χ3n) is 5.49. The molecule has 2 heterocycles. The highest BCUT2D eigenvalue weighted by Gasteiger charge is 2.13. The molecule has 30 heavy (non-hydrogen) atoms. The van der Waals surface area contributed by atoms with Crippen LogP contribution in [-0.2, 0) is 17.8 Å². The zero-order valence-electron chi connectivity index (χ0n) is 17.0. The van der Waals surface area contributed by atoms with E-state index in [9.17, 15) is 9.59 Å². The molecule has 0 radical (unpaired) electrons. The molecule has 0 fully saturated rings. The lowest BCUT2D eigenvalue weighted by Gasteiger charge is -2.14. The second-order valence-corrected chi connectivity index (χ2v) is 7.70. The highest BCUT2D eigenvalue weighted by Crippen LogP contribution is 2.19. The molecule has 0 spiro atoms. The van der Waals surface area contributed by atoms with Crippen molar-refractivity contribution >= 4 is 16.7 Å². The van der Waals surface area contributed by atoms with Gasteiger partial charge in [-0.05, 0) is 49.8 Å². The highest BCUT2D eigenvalue weighted by molar-refractivity contribution is 5.84. The molecular weight excluding hydrogens is 376 g/mol. The van der Waals surface area contributed by atoms with E-state index in [2.05, 4.69) is 21.5 Å². The fraction of sp³-hybridized carbons (Fsp3) is 0.333. The van der Waals surface area contributed by atoms with Crippen LogP contribution >= 0.6 is 0 Å². The predicted octanol–water partition coefficient (Wildman–Crippen LogP) is 3.39. The number of hydrogen-bond acceptors (Lipinski definition) is 4. The van der Waals surface area contributed by atoms with Gasteiger partial charge in [-0.25, -0.2) is 4.68 Å². The molecule has 1 amide bonds. The van der Waals surface area contributed by atoms with E-state index in [1.165, 1.54) is 23.1 Å². The summed E-state index contributed by atoms with van der Waals surface area (Å²) < 4.78 is 1.28. The van der Waals surface area contributed by atoms with Crippen molar-refractivity contribution in [3.63, 3.8) is 0 Å². The summed E-state index contributed by atoms with van der Waals surface area (Å²) in [6.45, 7) is 0.512. The molecule has 4 rings (SSSR count). The first-order valence-corrected chi connectivity index (χ1v) is 10.5. The Morgan fingerprint density at radius 3 is 2.73 bits per heavy atom. The fourth-order valence-corrected chi connectivity index (χ4v) is 3.93. The van der Waals surface area contributed by atoms with Gasteiger partial charge in [0.25, 0.3) is 5.56 Å². The maximum absolute atomic E-state index is 12.9. The van der Waals surface area contributed by atoms with Crippen molar-refractivity contribution < 1.29 is 4.79 Å². The van der Waals surface area contributed by atoms with E-state index in [0.29, 0.717) is 18.4 Å². The van der Waals surface area contributed by atoms with Crippen LogP contribution in [0.15, 0.2) is 65.2 Å². The molecule has 1 N–H and O–H groups in total. The number of nitrogens with zero attached hydrogens (tertiary/aromatic N) is 3. The second-order valence-electron chi connectivity index (χ2n) is 7.70. The lowest BCUT2D eigenvalue weighted by molar-refractivity contribution is -0.121. The Hall–Kier alpha value is -3.28. The summed E-state index contributed by atoms with van der Waals surface area (Å²) in [5, 5.41) is 8.86. The molecular formula is C24H26N4O2. The number of fused-ring (bicyclic) bond motifs is 1. The van der Waals surface area contributed by atoms with Gasteiger partial charge in [-0.15, -0.1) is 0 Å². The maximum atomic E-state index is 12.9. The zero-order chi connectivity index (χ0) is 20.8. The van der Waals surface area contributed by atoms with Gasteiger partial charge in [0.1, 0.15) is 6.54 Å². The van der Waals surface area contributed by atoms with Crippen LogP contribution in [0.1, 0.15) is 43.4 Å². The molecule has 0 atom stereocenters. The summed E-state index contributed by atoms with van der Waals surface area (Å²) >= 11 is 0. The van der Waals surface area contributed by atoms with Crippen LogP contribution in [0.3, 0.4) is 0 Å². The topological polar surface area (TPSA) is 76.9 Å². The Morgan fingerprint density at radius 1 is 1.10 bits per heavy atom. The SMILES string of the molecule is O=C(Cn1nc(Cc2cccnc2)c2ccccc2c1=O)NCCC1=CCCCC1. The lowest BCUT2D eigenvalue weighted by atomic mass is 9.97. The first kappa shape index (κ1) is 20.0. The van der Waals surface area contributed by atoms with Gasteiger partial charge in [0, 0.05) is 30.7 Å². The minimum absolute atomic E-state index is 0.0806.